The van der Waals surface area contributed by atoms with E-state index in [1.54, 1.807) is 13.2 Å². The van der Waals surface area contributed by atoms with Gasteiger partial charge in [-0.25, -0.2) is 0 Å². The third-order valence-corrected chi connectivity index (χ3v) is 6.40. The molecule has 5 nitrogen and oxygen atoms in total. The molecule has 4 aromatic rings. The van der Waals surface area contributed by atoms with Crippen LogP contribution in [0.4, 0.5) is 0 Å². The Kier molecular flexibility index (Phi) is 5.65. The minimum Gasteiger partial charge on any atom is -0.496 e. The summed E-state index contributed by atoms with van der Waals surface area (Å²) >= 11 is 0. The van der Waals surface area contributed by atoms with Gasteiger partial charge < -0.3 is 18.8 Å². The number of fused-ring (bicyclic) bond motifs is 2. The van der Waals surface area contributed by atoms with E-state index >= 15 is 0 Å². The molecule has 33 heavy (non-hydrogen) atoms. The Hall–Kier alpha value is -3.57. The van der Waals surface area contributed by atoms with E-state index in [-0.39, 0.29) is 5.91 Å². The van der Waals surface area contributed by atoms with Crippen molar-refractivity contribution in [3.63, 3.8) is 0 Å². The highest BCUT2D eigenvalue weighted by molar-refractivity contribution is 6.02. The van der Waals surface area contributed by atoms with E-state index < -0.39 is 0 Å². The van der Waals surface area contributed by atoms with E-state index in [9.17, 15) is 4.79 Å². The van der Waals surface area contributed by atoms with Crippen molar-refractivity contribution in [2.75, 3.05) is 33.4 Å². The zero-order valence-electron chi connectivity index (χ0n) is 19.2. The van der Waals surface area contributed by atoms with Gasteiger partial charge in [-0.15, -0.1) is 0 Å². The molecule has 0 unspecified atom stereocenters. The van der Waals surface area contributed by atoms with Crippen LogP contribution in [0.1, 0.15) is 18.1 Å². The molecule has 5 rings (SSSR count). The van der Waals surface area contributed by atoms with Crippen molar-refractivity contribution < 1.29 is 18.7 Å². The largest absolute Gasteiger partial charge is 0.496 e. The number of ether oxygens (including phenoxy) is 2. The highest BCUT2D eigenvalue weighted by Crippen LogP contribution is 2.41. The highest BCUT2D eigenvalue weighted by atomic mass is 16.5. The van der Waals surface area contributed by atoms with Gasteiger partial charge in [-0.05, 0) is 47.9 Å². The highest BCUT2D eigenvalue weighted by Gasteiger charge is 2.20. The number of furan rings is 1. The van der Waals surface area contributed by atoms with Crippen LogP contribution < -0.4 is 4.74 Å². The zero-order valence-corrected chi connectivity index (χ0v) is 19.2. The summed E-state index contributed by atoms with van der Waals surface area (Å²) < 4.78 is 17.1. The Bertz CT molecular complexity index is 1380. The first kappa shape index (κ1) is 21.3. The number of morpholine rings is 1. The number of rotatable bonds is 4. The predicted molar refractivity (Wildman–Crippen MR) is 131 cm³/mol. The molecule has 1 aliphatic rings. The average Bonchev–Trinajstić information content (AvgIpc) is 3.28. The Morgan fingerprint density at radius 3 is 2.58 bits per heavy atom. The third-order valence-electron chi connectivity index (χ3n) is 6.40. The summed E-state index contributed by atoms with van der Waals surface area (Å²) in [5.74, 6) is 0.725. The monoisotopic (exact) mass is 441 g/mol. The quantitative estimate of drug-likeness (QED) is 0.374. The summed E-state index contributed by atoms with van der Waals surface area (Å²) in [4.78, 5) is 14.7. The number of hydrogen-bond donors (Lipinski definition) is 0. The Morgan fingerprint density at radius 1 is 1.06 bits per heavy atom. The van der Waals surface area contributed by atoms with Gasteiger partial charge in [-0.1, -0.05) is 36.4 Å². The van der Waals surface area contributed by atoms with Crippen molar-refractivity contribution in [2.45, 2.75) is 13.8 Å². The summed E-state index contributed by atoms with van der Waals surface area (Å²) in [7, 11) is 1.65. The van der Waals surface area contributed by atoms with Gasteiger partial charge in [0, 0.05) is 41.2 Å². The molecule has 168 valence electrons. The second-order valence-electron chi connectivity index (χ2n) is 8.44. The first-order chi connectivity index (χ1) is 16.1. The van der Waals surface area contributed by atoms with Crippen LogP contribution in [0.25, 0.3) is 38.4 Å². The summed E-state index contributed by atoms with van der Waals surface area (Å²) in [5.41, 5.74) is 5.59. The Labute approximate surface area is 193 Å². The molecular weight excluding hydrogens is 414 g/mol. The fourth-order valence-electron chi connectivity index (χ4n) is 4.59. The molecule has 2 heterocycles. The second kappa shape index (κ2) is 8.75. The first-order valence-electron chi connectivity index (χ1n) is 11.2. The molecule has 0 radical (unpaired) electrons. The SMILES string of the molecule is COc1c(/C(C)=C/C(=O)N2CCOCC2)cc2c(-c3ccc4ccccc4c3)coc2c1C. The number of benzene rings is 3. The van der Waals surface area contributed by atoms with E-state index in [1.807, 2.05) is 37.1 Å². The van der Waals surface area contributed by atoms with E-state index in [1.165, 1.54) is 10.8 Å². The smallest absolute Gasteiger partial charge is 0.247 e. The summed E-state index contributed by atoms with van der Waals surface area (Å²) in [5, 5.41) is 3.39. The lowest BCUT2D eigenvalue weighted by atomic mass is 9.95. The van der Waals surface area contributed by atoms with Gasteiger partial charge in [0.05, 0.1) is 26.6 Å². The number of aryl methyl sites for hydroxylation is 1. The Balaban J connectivity index is 1.61. The molecule has 0 N–H and O–H groups in total. The van der Waals surface area contributed by atoms with Crippen LogP contribution in [0.15, 0.2) is 65.3 Å². The lowest BCUT2D eigenvalue weighted by Gasteiger charge is -2.26. The molecular formula is C28H27NO4. The third kappa shape index (κ3) is 3.89. The maximum atomic E-state index is 12.8. The van der Waals surface area contributed by atoms with Crippen LogP contribution >= 0.6 is 0 Å². The molecule has 3 aromatic carbocycles. The molecule has 1 aromatic heterocycles. The number of amides is 1. The predicted octanol–water partition coefficient (Wildman–Crippen LogP) is 5.83. The molecule has 0 saturated carbocycles. The van der Waals surface area contributed by atoms with Gasteiger partial charge in [-0.2, -0.15) is 0 Å². The molecule has 0 atom stereocenters. The Morgan fingerprint density at radius 2 is 1.82 bits per heavy atom. The number of hydrogen-bond acceptors (Lipinski definition) is 4. The van der Waals surface area contributed by atoms with E-state index in [4.69, 9.17) is 13.9 Å². The van der Waals surface area contributed by atoms with Gasteiger partial charge >= 0.3 is 0 Å². The van der Waals surface area contributed by atoms with Gasteiger partial charge in [0.15, 0.2) is 0 Å². The lowest BCUT2D eigenvalue weighted by molar-refractivity contribution is -0.129. The molecule has 0 spiro atoms. The van der Waals surface area contributed by atoms with E-state index in [2.05, 4.69) is 36.4 Å². The van der Waals surface area contributed by atoms with Crippen molar-refractivity contribution in [3.05, 3.63) is 72.0 Å². The first-order valence-corrected chi connectivity index (χ1v) is 11.2. The molecule has 1 amide bonds. The number of allylic oxidation sites excluding steroid dienone is 1. The van der Waals surface area contributed by atoms with Crippen LogP contribution in [-0.4, -0.2) is 44.2 Å². The molecule has 0 aliphatic carbocycles. The normalized spacial score (nSPS) is 14.8. The molecule has 0 bridgehead atoms. The number of methoxy groups -OCH3 is 1. The van der Waals surface area contributed by atoms with Crippen LogP contribution in [-0.2, 0) is 9.53 Å². The summed E-state index contributed by atoms with van der Waals surface area (Å²) in [6, 6.07) is 16.8. The molecule has 1 aliphatic heterocycles. The fraction of sp³-hybridized carbons (Fsp3) is 0.250. The van der Waals surface area contributed by atoms with Crippen molar-refractivity contribution in [1.82, 2.24) is 4.90 Å². The fourth-order valence-corrected chi connectivity index (χ4v) is 4.59. The van der Waals surface area contributed by atoms with Crippen LogP contribution in [0.2, 0.25) is 0 Å². The minimum absolute atomic E-state index is 0.00227. The van der Waals surface area contributed by atoms with E-state index in [0.717, 1.165) is 44.5 Å². The van der Waals surface area contributed by atoms with Gasteiger partial charge in [0.1, 0.15) is 11.3 Å². The van der Waals surface area contributed by atoms with E-state index in [0.29, 0.717) is 26.3 Å². The van der Waals surface area contributed by atoms with Crippen molar-refractivity contribution >= 4 is 33.2 Å². The molecule has 5 heteroatoms. The van der Waals surface area contributed by atoms with Gasteiger partial charge in [0.25, 0.3) is 0 Å². The van der Waals surface area contributed by atoms with Crippen LogP contribution in [0.3, 0.4) is 0 Å². The standard InChI is InChI=1S/C28H27NO4/c1-18(14-26(30)29-10-12-32-13-11-29)23-16-24-25(17-33-28(24)19(2)27(23)31-3)22-9-8-20-6-4-5-7-21(20)15-22/h4-9,14-17H,10-13H2,1-3H3/b18-14+. The van der Waals surface area contributed by atoms with Crippen molar-refractivity contribution in [2.24, 2.45) is 0 Å². The summed E-state index contributed by atoms with van der Waals surface area (Å²) in [6.45, 7) is 6.35. The minimum atomic E-state index is -0.00227. The topological polar surface area (TPSA) is 51.9 Å². The van der Waals surface area contributed by atoms with Crippen LogP contribution in [0.5, 0.6) is 5.75 Å². The maximum Gasteiger partial charge on any atom is 0.247 e. The average molecular weight is 442 g/mol. The van der Waals surface area contributed by atoms with Crippen molar-refractivity contribution in [1.29, 1.82) is 0 Å². The zero-order chi connectivity index (χ0) is 22.9. The number of carbonyl (C=O) groups excluding carboxylic acids is 1. The van der Waals surface area contributed by atoms with Gasteiger partial charge in [0.2, 0.25) is 5.91 Å². The van der Waals surface area contributed by atoms with Crippen molar-refractivity contribution in [3.8, 4) is 16.9 Å². The second-order valence-corrected chi connectivity index (χ2v) is 8.44. The number of carbonyl (C=O) groups is 1. The molecule has 1 fully saturated rings. The number of nitrogens with zero attached hydrogens (tertiary/aromatic N) is 1. The molecule has 1 saturated heterocycles. The lowest BCUT2D eigenvalue weighted by Crippen LogP contribution is -2.39. The van der Waals surface area contributed by atoms with Crippen LogP contribution in [0, 0.1) is 6.92 Å². The van der Waals surface area contributed by atoms with Gasteiger partial charge in [-0.3, -0.25) is 4.79 Å². The maximum absolute atomic E-state index is 12.8. The summed E-state index contributed by atoms with van der Waals surface area (Å²) in [6.07, 6.45) is 3.51.